The predicted molar refractivity (Wildman–Crippen MR) is 214 cm³/mol. The zero-order chi connectivity index (χ0) is 36.6. The number of aromatic nitrogens is 2. The standard InChI is InChI=1S/C26H20NO.C20H27FNSi.Ir/c1-26(2,19-10-4-3-5-11-19)20-12-8-9-18(15-20)23-16-22-21-13-6-7-14-24(21)28-25(22)17-27-23;1-14-9-8-10-16(19(14)21)17-11-15(12-20(2,3)4)18(13-22-17)23(5,6)7;/h3-8,10-17H,1-2H3;8-9,11,13H,12H2,1-7H3;/q2*-1;. The van der Waals surface area contributed by atoms with Crippen molar-refractivity contribution in [1.82, 2.24) is 9.97 Å². The van der Waals surface area contributed by atoms with Crippen LogP contribution in [-0.2, 0) is 31.9 Å². The number of halogens is 1. The SMILES string of the molecule is CC(C)(c1ccccc1)c1cc[c-]c(-c2cc3c(cn2)oc2ccccc23)c1.Cc1cc[c-]c(-c2cc(CC(C)(C)C)c([Si](C)(C)C)cn2)c1F.[Ir]. The van der Waals surface area contributed by atoms with E-state index in [0.29, 0.717) is 16.8 Å². The minimum Gasteiger partial charge on any atom is -0.455 e. The predicted octanol–water partition coefficient (Wildman–Crippen LogP) is 11.9. The number of hydrogen-bond donors (Lipinski definition) is 0. The van der Waals surface area contributed by atoms with E-state index in [-0.39, 0.29) is 36.8 Å². The first-order valence-corrected chi connectivity index (χ1v) is 21.1. The Labute approximate surface area is 323 Å². The van der Waals surface area contributed by atoms with Crippen LogP contribution in [0.3, 0.4) is 0 Å². The summed E-state index contributed by atoms with van der Waals surface area (Å²) in [5.41, 5.74) is 9.31. The summed E-state index contributed by atoms with van der Waals surface area (Å²) in [6, 6.07) is 39.1. The molecule has 1 radical (unpaired) electrons. The number of rotatable bonds is 6. The van der Waals surface area contributed by atoms with E-state index < -0.39 is 8.07 Å². The van der Waals surface area contributed by atoms with Gasteiger partial charge in [-0.2, -0.15) is 0 Å². The van der Waals surface area contributed by atoms with Crippen LogP contribution < -0.4 is 5.19 Å². The quantitative estimate of drug-likeness (QED) is 0.123. The second-order valence-corrected chi connectivity index (χ2v) is 21.2. The van der Waals surface area contributed by atoms with Crippen molar-refractivity contribution in [2.75, 3.05) is 0 Å². The molecule has 0 aliphatic carbocycles. The fourth-order valence-electron chi connectivity index (χ4n) is 6.60. The van der Waals surface area contributed by atoms with Crippen LogP contribution in [0.25, 0.3) is 44.5 Å². The van der Waals surface area contributed by atoms with Gasteiger partial charge in [0, 0.05) is 42.9 Å². The van der Waals surface area contributed by atoms with Crippen LogP contribution in [0.4, 0.5) is 4.39 Å². The van der Waals surface area contributed by atoms with Gasteiger partial charge in [-0.25, -0.2) is 0 Å². The molecule has 0 N–H and O–H groups in total. The van der Waals surface area contributed by atoms with Crippen LogP contribution in [0.1, 0.15) is 56.9 Å². The summed E-state index contributed by atoms with van der Waals surface area (Å²) in [6.07, 6.45) is 4.75. The smallest absolute Gasteiger partial charge is 0.151 e. The monoisotopic (exact) mass is 883 g/mol. The first-order valence-electron chi connectivity index (χ1n) is 17.6. The Morgan fingerprint density at radius 3 is 2.10 bits per heavy atom. The molecule has 52 heavy (non-hydrogen) atoms. The number of para-hydroxylation sites is 1. The second kappa shape index (κ2) is 15.4. The van der Waals surface area contributed by atoms with Crippen LogP contribution >= 0.6 is 0 Å². The van der Waals surface area contributed by atoms with E-state index in [1.165, 1.54) is 21.9 Å². The zero-order valence-corrected chi connectivity index (χ0v) is 35.0. The molecule has 6 heteroatoms. The van der Waals surface area contributed by atoms with Gasteiger partial charge in [0.25, 0.3) is 0 Å². The van der Waals surface area contributed by atoms with Crippen molar-refractivity contribution in [2.45, 2.75) is 73.0 Å². The Bertz CT molecular complexity index is 2320. The van der Waals surface area contributed by atoms with E-state index in [9.17, 15) is 4.39 Å². The Hall–Kier alpha value is -4.22. The van der Waals surface area contributed by atoms with E-state index in [1.54, 1.807) is 19.1 Å². The van der Waals surface area contributed by atoms with Gasteiger partial charge in [0.05, 0.1) is 14.3 Å². The van der Waals surface area contributed by atoms with E-state index in [0.717, 1.165) is 39.6 Å². The summed E-state index contributed by atoms with van der Waals surface area (Å²) in [6.45, 7) is 20.0. The van der Waals surface area contributed by atoms with E-state index in [1.807, 2.05) is 36.7 Å². The zero-order valence-electron chi connectivity index (χ0n) is 31.6. The van der Waals surface area contributed by atoms with Gasteiger partial charge in [0.2, 0.25) is 0 Å². The third kappa shape index (κ3) is 8.52. The molecule has 0 bridgehead atoms. The molecule has 3 heterocycles. The van der Waals surface area contributed by atoms with E-state index in [2.05, 4.69) is 137 Å². The number of benzene rings is 4. The van der Waals surface area contributed by atoms with Crippen molar-refractivity contribution in [3.05, 3.63) is 150 Å². The van der Waals surface area contributed by atoms with Gasteiger partial charge >= 0.3 is 0 Å². The van der Waals surface area contributed by atoms with Crippen LogP contribution in [0.5, 0.6) is 0 Å². The number of furan rings is 1. The van der Waals surface area contributed by atoms with Gasteiger partial charge < -0.3 is 14.4 Å². The molecule has 0 unspecified atom stereocenters. The molecule has 0 atom stereocenters. The summed E-state index contributed by atoms with van der Waals surface area (Å²) in [5.74, 6) is -0.220. The fourth-order valence-corrected chi connectivity index (χ4v) is 8.18. The molecule has 0 aliphatic heterocycles. The molecule has 0 aliphatic rings. The Balaban J connectivity index is 0.000000202. The summed E-state index contributed by atoms with van der Waals surface area (Å²) in [5, 5.41) is 3.56. The van der Waals surface area contributed by atoms with Crippen LogP contribution in [0.2, 0.25) is 19.6 Å². The van der Waals surface area contributed by atoms with Gasteiger partial charge in [-0.3, -0.25) is 4.39 Å². The fraction of sp³-hybridized carbons (Fsp3) is 0.261. The molecule has 0 spiro atoms. The van der Waals surface area contributed by atoms with Crippen molar-refractivity contribution < 1.29 is 28.9 Å². The van der Waals surface area contributed by atoms with Gasteiger partial charge in [-0.15, -0.1) is 53.6 Å². The summed E-state index contributed by atoms with van der Waals surface area (Å²) >= 11 is 0. The van der Waals surface area contributed by atoms with E-state index >= 15 is 0 Å². The maximum Gasteiger partial charge on any atom is 0.151 e. The third-order valence-electron chi connectivity index (χ3n) is 9.46. The average molecular weight is 883 g/mol. The van der Waals surface area contributed by atoms with Gasteiger partial charge in [-0.1, -0.05) is 139 Å². The molecule has 7 aromatic rings. The average Bonchev–Trinajstić information content (AvgIpc) is 3.47. The number of hydrogen-bond acceptors (Lipinski definition) is 3. The number of aryl methyl sites for hydroxylation is 1. The molecule has 0 saturated heterocycles. The topological polar surface area (TPSA) is 38.9 Å². The second-order valence-electron chi connectivity index (χ2n) is 16.2. The molecule has 3 nitrogen and oxygen atoms in total. The number of nitrogens with zero attached hydrogens (tertiary/aromatic N) is 2. The summed E-state index contributed by atoms with van der Waals surface area (Å²) in [4.78, 5) is 9.21. The molecule has 0 saturated carbocycles. The molecule has 0 amide bonds. The molecule has 7 rings (SSSR count). The van der Waals surface area contributed by atoms with Gasteiger partial charge in [0.15, 0.2) is 5.58 Å². The Morgan fingerprint density at radius 2 is 1.38 bits per heavy atom. The summed E-state index contributed by atoms with van der Waals surface area (Å²) in [7, 11) is -1.49. The van der Waals surface area contributed by atoms with Gasteiger partial charge in [0.1, 0.15) is 5.58 Å². The van der Waals surface area contributed by atoms with Gasteiger partial charge in [-0.05, 0) is 45.5 Å². The summed E-state index contributed by atoms with van der Waals surface area (Å²) < 4.78 is 20.3. The van der Waals surface area contributed by atoms with Crippen molar-refractivity contribution in [1.29, 1.82) is 0 Å². The molecule has 4 aromatic carbocycles. The molecular weight excluding hydrogens is 836 g/mol. The Morgan fingerprint density at radius 1 is 0.712 bits per heavy atom. The van der Waals surface area contributed by atoms with Crippen molar-refractivity contribution in [2.24, 2.45) is 5.41 Å². The minimum absolute atomic E-state index is 0. The van der Waals surface area contributed by atoms with Crippen molar-refractivity contribution in [3.63, 3.8) is 0 Å². The molecule has 0 fully saturated rings. The first kappa shape index (κ1) is 39.0. The Kier molecular flexibility index (Phi) is 11.5. The molecular formula is C46H47FIrN2OSi-2. The van der Waals surface area contributed by atoms with Crippen molar-refractivity contribution >= 4 is 35.2 Å². The normalized spacial score (nSPS) is 12.0. The van der Waals surface area contributed by atoms with Crippen LogP contribution in [-0.4, -0.2) is 18.0 Å². The maximum absolute atomic E-state index is 14.4. The molecule has 3 aromatic heterocycles. The molecule has 269 valence electrons. The third-order valence-corrected chi connectivity index (χ3v) is 11.5. The first-order chi connectivity index (χ1) is 24.1. The van der Waals surface area contributed by atoms with E-state index in [4.69, 9.17) is 4.42 Å². The minimum atomic E-state index is -1.49. The maximum atomic E-state index is 14.4. The van der Waals surface area contributed by atoms with Crippen LogP contribution in [0, 0.1) is 30.3 Å². The largest absolute Gasteiger partial charge is 0.455 e. The van der Waals surface area contributed by atoms with Crippen LogP contribution in [0.15, 0.2) is 114 Å². The number of fused-ring (bicyclic) bond motifs is 3. The van der Waals surface area contributed by atoms with Crippen molar-refractivity contribution in [3.8, 4) is 22.5 Å². The number of pyridine rings is 2.